The van der Waals surface area contributed by atoms with Gasteiger partial charge < -0.3 is 9.72 Å². The fraction of sp³-hybridized carbons (Fsp3) is 0.364. The van der Waals surface area contributed by atoms with Crippen LogP contribution in [-0.2, 0) is 11.2 Å². The molecule has 158 valence electrons. The number of fused-ring (bicyclic) bond motifs is 1. The molecule has 0 bridgehead atoms. The van der Waals surface area contributed by atoms with E-state index < -0.39 is 0 Å². The van der Waals surface area contributed by atoms with Crippen molar-refractivity contribution in [3.8, 4) is 5.75 Å². The fourth-order valence-electron chi connectivity index (χ4n) is 2.95. The van der Waals surface area contributed by atoms with Gasteiger partial charge in [0.05, 0.1) is 24.6 Å². The van der Waals surface area contributed by atoms with Crippen LogP contribution in [0.25, 0.3) is 10.2 Å². The van der Waals surface area contributed by atoms with Gasteiger partial charge in [0, 0.05) is 4.88 Å². The van der Waals surface area contributed by atoms with E-state index in [1.54, 1.807) is 6.21 Å². The van der Waals surface area contributed by atoms with Gasteiger partial charge in [0.15, 0.2) is 0 Å². The van der Waals surface area contributed by atoms with Gasteiger partial charge in [0.1, 0.15) is 16.4 Å². The van der Waals surface area contributed by atoms with Crippen molar-refractivity contribution in [2.45, 2.75) is 46.5 Å². The molecule has 2 aromatic heterocycles. The van der Waals surface area contributed by atoms with Gasteiger partial charge >= 0.3 is 0 Å². The normalized spacial score (nSPS) is 11.3. The summed E-state index contributed by atoms with van der Waals surface area (Å²) in [5.74, 6) is 0.789. The fourth-order valence-corrected chi connectivity index (χ4v) is 3.99. The van der Waals surface area contributed by atoms with Crippen molar-refractivity contribution in [3.63, 3.8) is 0 Å². The van der Waals surface area contributed by atoms with E-state index >= 15 is 0 Å². The Balaban J connectivity index is 1.53. The Kier molecular flexibility index (Phi) is 7.35. The molecule has 0 spiro atoms. The first-order chi connectivity index (χ1) is 14.5. The first-order valence-corrected chi connectivity index (χ1v) is 10.8. The van der Waals surface area contributed by atoms with Gasteiger partial charge in [-0.1, -0.05) is 19.8 Å². The molecule has 8 heteroatoms. The summed E-state index contributed by atoms with van der Waals surface area (Å²) in [6, 6.07) is 7.51. The molecule has 0 saturated heterocycles. The second-order valence-electron chi connectivity index (χ2n) is 7.07. The molecule has 3 aromatic rings. The summed E-state index contributed by atoms with van der Waals surface area (Å²) in [6.45, 7) is 6.72. The highest BCUT2D eigenvalue weighted by molar-refractivity contribution is 7.18. The van der Waals surface area contributed by atoms with Crippen molar-refractivity contribution in [1.82, 2.24) is 15.4 Å². The van der Waals surface area contributed by atoms with Crippen molar-refractivity contribution in [3.05, 3.63) is 56.4 Å². The number of ether oxygens (including phenoxy) is 1. The number of hydrogen-bond donors (Lipinski definition) is 2. The lowest BCUT2D eigenvalue weighted by molar-refractivity contribution is -0.120. The number of unbranched alkanes of at least 4 members (excludes halogenated alkanes) is 2. The molecule has 0 atom stereocenters. The van der Waals surface area contributed by atoms with Crippen LogP contribution in [0.4, 0.5) is 0 Å². The summed E-state index contributed by atoms with van der Waals surface area (Å²) >= 11 is 1.45. The summed E-state index contributed by atoms with van der Waals surface area (Å²) in [5.41, 5.74) is 4.02. The van der Waals surface area contributed by atoms with Gasteiger partial charge in [-0.3, -0.25) is 9.59 Å². The number of amides is 1. The van der Waals surface area contributed by atoms with E-state index in [0.29, 0.717) is 22.6 Å². The summed E-state index contributed by atoms with van der Waals surface area (Å²) in [6.07, 6.45) is 4.88. The van der Waals surface area contributed by atoms with Crippen LogP contribution in [0.15, 0.2) is 34.2 Å². The number of thiophene rings is 1. The number of nitrogens with one attached hydrogen (secondary N) is 2. The molecule has 1 aromatic carbocycles. The van der Waals surface area contributed by atoms with Gasteiger partial charge in [-0.05, 0) is 55.7 Å². The Morgan fingerprint density at radius 3 is 2.77 bits per heavy atom. The number of hydrogen-bond acceptors (Lipinski definition) is 6. The zero-order valence-corrected chi connectivity index (χ0v) is 18.3. The number of carbonyl (C=O) groups is 1. The molecule has 1 amide bonds. The number of rotatable bonds is 9. The van der Waals surface area contributed by atoms with E-state index in [-0.39, 0.29) is 17.9 Å². The zero-order chi connectivity index (χ0) is 21.5. The molecule has 0 fully saturated rings. The molecule has 7 nitrogen and oxygen atoms in total. The highest BCUT2D eigenvalue weighted by atomic mass is 32.1. The average Bonchev–Trinajstić information content (AvgIpc) is 3.00. The van der Waals surface area contributed by atoms with Gasteiger partial charge in [-0.15, -0.1) is 11.3 Å². The molecule has 0 aliphatic carbocycles. The smallest absolute Gasteiger partial charge is 0.259 e. The van der Waals surface area contributed by atoms with Crippen LogP contribution in [0.1, 0.15) is 48.0 Å². The summed E-state index contributed by atoms with van der Waals surface area (Å²) in [7, 11) is 0. The van der Waals surface area contributed by atoms with Gasteiger partial charge in [-0.25, -0.2) is 10.4 Å². The van der Waals surface area contributed by atoms with E-state index in [4.69, 9.17) is 4.74 Å². The van der Waals surface area contributed by atoms with Crippen LogP contribution >= 0.6 is 11.3 Å². The van der Waals surface area contributed by atoms with E-state index in [9.17, 15) is 9.59 Å². The average molecular weight is 427 g/mol. The molecule has 0 aliphatic heterocycles. The Bertz CT molecular complexity index is 1100. The van der Waals surface area contributed by atoms with Crippen LogP contribution in [-0.4, -0.2) is 28.7 Å². The van der Waals surface area contributed by atoms with Crippen LogP contribution in [0, 0.1) is 13.8 Å². The van der Waals surface area contributed by atoms with Gasteiger partial charge in [0.2, 0.25) is 5.91 Å². The highest BCUT2D eigenvalue weighted by Gasteiger charge is 2.13. The lowest BCUT2D eigenvalue weighted by Crippen LogP contribution is -2.23. The van der Waals surface area contributed by atoms with Crippen molar-refractivity contribution in [1.29, 1.82) is 0 Å². The third-order valence-corrected chi connectivity index (χ3v) is 5.82. The van der Waals surface area contributed by atoms with E-state index in [1.807, 2.05) is 38.1 Å². The first kappa shape index (κ1) is 21.7. The topological polar surface area (TPSA) is 96.4 Å². The molecular formula is C22H26N4O3S. The predicted octanol–water partition coefficient (Wildman–Crippen LogP) is 3.86. The Labute approximate surface area is 179 Å². The van der Waals surface area contributed by atoms with Crippen molar-refractivity contribution in [2.24, 2.45) is 5.10 Å². The van der Waals surface area contributed by atoms with Crippen LogP contribution in [0.2, 0.25) is 0 Å². The molecule has 0 aliphatic rings. The quantitative estimate of drug-likeness (QED) is 0.308. The maximum Gasteiger partial charge on any atom is 0.259 e. The summed E-state index contributed by atoms with van der Waals surface area (Å²) in [4.78, 5) is 33.2. The molecule has 0 unspecified atom stereocenters. The van der Waals surface area contributed by atoms with E-state index in [1.165, 1.54) is 17.8 Å². The summed E-state index contributed by atoms with van der Waals surface area (Å²) < 4.78 is 5.67. The molecule has 0 saturated carbocycles. The molecule has 30 heavy (non-hydrogen) atoms. The lowest BCUT2D eigenvalue weighted by Gasteiger charge is -2.05. The molecule has 0 radical (unpaired) electrons. The lowest BCUT2D eigenvalue weighted by atomic mass is 10.2. The Morgan fingerprint density at radius 1 is 1.27 bits per heavy atom. The number of aromatic amines is 1. The van der Waals surface area contributed by atoms with Crippen LogP contribution in [0.5, 0.6) is 5.75 Å². The van der Waals surface area contributed by atoms with Crippen LogP contribution < -0.4 is 15.7 Å². The first-order valence-electron chi connectivity index (χ1n) is 10.0. The zero-order valence-electron chi connectivity index (χ0n) is 17.4. The second-order valence-corrected chi connectivity index (χ2v) is 8.27. The molecule has 3 rings (SSSR count). The third kappa shape index (κ3) is 5.54. The Morgan fingerprint density at radius 2 is 2.03 bits per heavy atom. The summed E-state index contributed by atoms with van der Waals surface area (Å²) in [5, 5.41) is 4.57. The number of benzene rings is 1. The number of H-pyrrole nitrogens is 1. The van der Waals surface area contributed by atoms with E-state index in [2.05, 4.69) is 27.4 Å². The molecule has 2 heterocycles. The number of nitrogens with zero attached hydrogens (tertiary/aromatic N) is 2. The van der Waals surface area contributed by atoms with Crippen LogP contribution in [0.3, 0.4) is 0 Å². The van der Waals surface area contributed by atoms with Crippen molar-refractivity contribution >= 4 is 33.7 Å². The molecular weight excluding hydrogens is 400 g/mol. The third-order valence-electron chi connectivity index (χ3n) is 4.72. The second kappa shape index (κ2) is 10.2. The maximum atomic E-state index is 12.3. The van der Waals surface area contributed by atoms with E-state index in [0.717, 1.165) is 34.6 Å². The standard InChI is InChI=1S/C22H26N4O3S/c1-4-5-6-11-29-17-9-7-16(8-10-17)13-23-26-19(27)12-18-24-21(28)20-14(2)15(3)30-22(20)25-18/h7-10,13H,4-6,11-12H2,1-3H3,(H,26,27)(H,24,25,28)/b23-13+. The van der Waals surface area contributed by atoms with Gasteiger partial charge in [-0.2, -0.15) is 5.10 Å². The van der Waals surface area contributed by atoms with Gasteiger partial charge in [0.25, 0.3) is 5.56 Å². The maximum absolute atomic E-state index is 12.3. The number of aromatic nitrogens is 2. The monoisotopic (exact) mass is 426 g/mol. The largest absolute Gasteiger partial charge is 0.494 e. The van der Waals surface area contributed by atoms with Crippen molar-refractivity contribution < 1.29 is 9.53 Å². The minimum atomic E-state index is -0.352. The number of aryl methyl sites for hydroxylation is 2. The number of carbonyl (C=O) groups excluding carboxylic acids is 1. The highest BCUT2D eigenvalue weighted by Crippen LogP contribution is 2.25. The van der Waals surface area contributed by atoms with Crippen molar-refractivity contribution in [2.75, 3.05) is 6.61 Å². The minimum Gasteiger partial charge on any atom is -0.494 e. The number of hydrazone groups is 1. The molecule has 2 N–H and O–H groups in total. The Hall–Kier alpha value is -3.00. The predicted molar refractivity (Wildman–Crippen MR) is 121 cm³/mol. The minimum absolute atomic E-state index is 0.0525. The SMILES string of the molecule is CCCCCOc1ccc(/C=N/NC(=O)Cc2nc3sc(C)c(C)c3c(=O)[nH]2)cc1.